The van der Waals surface area contributed by atoms with E-state index in [9.17, 15) is 9.59 Å². The van der Waals surface area contributed by atoms with Crippen LogP contribution in [0.15, 0.2) is 36.4 Å². The van der Waals surface area contributed by atoms with E-state index >= 15 is 4.39 Å². The molecule has 3 aliphatic heterocycles. The molecule has 0 bridgehead atoms. The number of carbonyl (C=O) groups excluding carboxylic acids is 2. The van der Waals surface area contributed by atoms with Crippen LogP contribution in [0.4, 0.5) is 10.1 Å². The van der Waals surface area contributed by atoms with Gasteiger partial charge in [-0.15, -0.1) is 0 Å². The normalized spacial score (nSPS) is 29.2. The highest BCUT2D eigenvalue weighted by molar-refractivity contribution is 6.31. The van der Waals surface area contributed by atoms with Crippen molar-refractivity contribution in [3.63, 3.8) is 0 Å². The van der Waals surface area contributed by atoms with E-state index in [2.05, 4.69) is 10.6 Å². The van der Waals surface area contributed by atoms with E-state index < -0.39 is 23.2 Å². The largest absolute Gasteiger partial charge is 0.383 e. The van der Waals surface area contributed by atoms with Crippen LogP contribution in [0.5, 0.6) is 0 Å². The molecule has 2 saturated heterocycles. The highest BCUT2D eigenvalue weighted by Gasteiger charge is 2.69. The van der Waals surface area contributed by atoms with Gasteiger partial charge in [0.25, 0.3) is 0 Å². The van der Waals surface area contributed by atoms with Crippen molar-refractivity contribution >= 4 is 40.7 Å². The highest BCUT2D eigenvalue weighted by atomic mass is 35.5. The number of hydrogen-bond acceptors (Lipinski definition) is 4. The first-order valence-corrected chi connectivity index (χ1v) is 10.8. The summed E-state index contributed by atoms with van der Waals surface area (Å²) in [4.78, 5) is 28.7. The Morgan fingerprint density at radius 3 is 2.84 bits per heavy atom. The van der Waals surface area contributed by atoms with Crippen LogP contribution in [0.2, 0.25) is 10.0 Å². The molecule has 6 nitrogen and oxygen atoms in total. The van der Waals surface area contributed by atoms with E-state index in [-0.39, 0.29) is 28.4 Å². The van der Waals surface area contributed by atoms with Gasteiger partial charge in [0, 0.05) is 48.4 Å². The molecule has 4 atom stereocenters. The molecule has 31 heavy (non-hydrogen) atoms. The maximum Gasteiger partial charge on any atom is 0.250 e. The maximum absolute atomic E-state index is 15.4. The van der Waals surface area contributed by atoms with E-state index in [1.165, 1.54) is 6.07 Å². The molecule has 2 aromatic rings. The van der Waals surface area contributed by atoms with Gasteiger partial charge in [-0.3, -0.25) is 14.5 Å². The molecule has 2 amide bonds. The van der Waals surface area contributed by atoms with Crippen LogP contribution in [-0.4, -0.2) is 49.6 Å². The van der Waals surface area contributed by atoms with Gasteiger partial charge in [-0.25, -0.2) is 4.39 Å². The quantitative estimate of drug-likeness (QED) is 0.730. The Balaban J connectivity index is 1.81. The predicted molar refractivity (Wildman–Crippen MR) is 115 cm³/mol. The number of fused-ring (bicyclic) bond motifs is 3. The molecule has 9 heteroatoms. The van der Waals surface area contributed by atoms with E-state index in [1.807, 2.05) is 4.90 Å². The summed E-state index contributed by atoms with van der Waals surface area (Å²) in [6.45, 7) is 1.10. The molecule has 0 radical (unpaired) electrons. The van der Waals surface area contributed by atoms with Gasteiger partial charge in [0.05, 0.1) is 17.5 Å². The number of ether oxygens (including phenoxy) is 1. The van der Waals surface area contributed by atoms with Gasteiger partial charge >= 0.3 is 0 Å². The minimum Gasteiger partial charge on any atom is -0.383 e. The van der Waals surface area contributed by atoms with Crippen molar-refractivity contribution in [3.05, 3.63) is 63.4 Å². The third-order valence-electron chi connectivity index (χ3n) is 6.70. The number of nitrogens with zero attached hydrogens (tertiary/aromatic N) is 1. The minimum atomic E-state index is -1.29. The molecule has 3 heterocycles. The lowest BCUT2D eigenvalue weighted by Gasteiger charge is -2.40. The molecule has 162 valence electrons. The van der Waals surface area contributed by atoms with Gasteiger partial charge in [-0.05, 0) is 23.8 Å². The second kappa shape index (κ2) is 7.45. The van der Waals surface area contributed by atoms with Gasteiger partial charge in [0.1, 0.15) is 11.4 Å². The summed E-state index contributed by atoms with van der Waals surface area (Å²) in [7, 11) is 1.58. The fraction of sp³-hybridized carbons (Fsp3) is 0.364. The predicted octanol–water partition coefficient (Wildman–Crippen LogP) is 3.14. The average molecular weight is 464 g/mol. The molecule has 0 saturated carbocycles. The van der Waals surface area contributed by atoms with E-state index in [0.717, 1.165) is 0 Å². The summed E-state index contributed by atoms with van der Waals surface area (Å²) in [6.07, 6.45) is 0. The topological polar surface area (TPSA) is 70.7 Å². The standard InChI is InChI=1S/C22H20Cl2FN3O3/c1-31-8-7-28-16-10-26-20(29)17(16)18(12-3-2-4-14(24)19(12)25)22(28)13-6-5-11(23)9-15(13)27-21(22)30/h2-6,9,16-18H,7-8,10H2,1H3,(H,26,29)(H,27,30)/t16?,17-,18+,22?/m1/s1. The van der Waals surface area contributed by atoms with E-state index in [1.54, 1.807) is 37.4 Å². The van der Waals surface area contributed by atoms with Crippen LogP contribution in [0.3, 0.4) is 0 Å². The first kappa shape index (κ1) is 20.7. The Morgan fingerprint density at radius 2 is 2.06 bits per heavy atom. The average Bonchev–Trinajstić information content (AvgIpc) is 3.34. The Bertz CT molecular complexity index is 1100. The van der Waals surface area contributed by atoms with Crippen LogP contribution < -0.4 is 10.6 Å². The summed E-state index contributed by atoms with van der Waals surface area (Å²) < 4.78 is 20.7. The zero-order chi connectivity index (χ0) is 21.9. The summed E-state index contributed by atoms with van der Waals surface area (Å²) in [5.74, 6) is -2.54. The van der Waals surface area contributed by atoms with Crippen molar-refractivity contribution in [1.82, 2.24) is 10.2 Å². The summed E-state index contributed by atoms with van der Waals surface area (Å²) in [5, 5.41) is 6.23. The van der Waals surface area contributed by atoms with Gasteiger partial charge in [-0.1, -0.05) is 41.4 Å². The number of hydrogen-bond donors (Lipinski definition) is 2. The lowest BCUT2D eigenvalue weighted by atomic mass is 9.71. The van der Waals surface area contributed by atoms with E-state index in [0.29, 0.717) is 36.0 Å². The van der Waals surface area contributed by atoms with Gasteiger partial charge in [0.15, 0.2) is 0 Å². The Morgan fingerprint density at radius 1 is 1.26 bits per heavy atom. The van der Waals surface area contributed by atoms with Crippen LogP contribution in [0.25, 0.3) is 0 Å². The summed E-state index contributed by atoms with van der Waals surface area (Å²) in [6, 6.07) is 9.57. The lowest BCUT2D eigenvalue weighted by Crippen LogP contribution is -2.54. The molecule has 0 aliphatic carbocycles. The fourth-order valence-corrected chi connectivity index (χ4v) is 5.95. The number of methoxy groups -OCH3 is 1. The van der Waals surface area contributed by atoms with Crippen LogP contribution in [-0.2, 0) is 19.9 Å². The number of carbonyl (C=O) groups is 2. The zero-order valence-electron chi connectivity index (χ0n) is 16.6. The number of anilines is 1. The summed E-state index contributed by atoms with van der Waals surface area (Å²) >= 11 is 12.3. The molecular weight excluding hydrogens is 444 g/mol. The number of nitrogens with one attached hydrogen (secondary N) is 2. The number of benzene rings is 2. The third kappa shape index (κ3) is 2.77. The van der Waals surface area contributed by atoms with Crippen LogP contribution in [0, 0.1) is 11.7 Å². The molecule has 5 rings (SSSR count). The van der Waals surface area contributed by atoms with Crippen molar-refractivity contribution in [2.75, 3.05) is 32.1 Å². The van der Waals surface area contributed by atoms with E-state index in [4.69, 9.17) is 27.9 Å². The molecular formula is C22H20Cl2FN3O3. The Kier molecular flexibility index (Phi) is 4.97. The number of amides is 2. The second-order valence-corrected chi connectivity index (χ2v) is 8.90. The maximum atomic E-state index is 15.4. The lowest BCUT2D eigenvalue weighted by molar-refractivity contribution is -0.128. The molecule has 2 fully saturated rings. The number of rotatable bonds is 4. The van der Waals surface area contributed by atoms with Crippen molar-refractivity contribution in [3.8, 4) is 0 Å². The minimum absolute atomic E-state index is 0.0484. The van der Waals surface area contributed by atoms with Crippen LogP contribution in [0.1, 0.15) is 17.0 Å². The SMILES string of the molecule is COCCN1C2CNC(=O)[C@H]2[C@H](c2cccc(Cl)c2F)C12C(=O)Nc1cc(Cl)ccc12. The molecule has 2 unspecified atom stereocenters. The van der Waals surface area contributed by atoms with Crippen molar-refractivity contribution < 1.29 is 18.7 Å². The molecule has 2 N–H and O–H groups in total. The highest BCUT2D eigenvalue weighted by Crippen LogP contribution is 2.60. The first-order chi connectivity index (χ1) is 14.9. The number of likely N-dealkylation sites (tertiary alicyclic amines) is 1. The zero-order valence-corrected chi connectivity index (χ0v) is 18.1. The van der Waals surface area contributed by atoms with Crippen molar-refractivity contribution in [2.24, 2.45) is 5.92 Å². The second-order valence-electron chi connectivity index (χ2n) is 8.06. The van der Waals surface area contributed by atoms with Gasteiger partial charge < -0.3 is 15.4 Å². The Hall–Kier alpha value is -2.19. The molecule has 3 aliphatic rings. The summed E-state index contributed by atoms with van der Waals surface area (Å²) in [5.41, 5.74) is 0.187. The van der Waals surface area contributed by atoms with Crippen molar-refractivity contribution in [1.29, 1.82) is 0 Å². The van der Waals surface area contributed by atoms with Gasteiger partial charge in [0.2, 0.25) is 11.8 Å². The van der Waals surface area contributed by atoms with Crippen molar-refractivity contribution in [2.45, 2.75) is 17.5 Å². The smallest absolute Gasteiger partial charge is 0.250 e. The molecule has 0 aromatic heterocycles. The molecule has 2 aromatic carbocycles. The fourth-order valence-electron chi connectivity index (χ4n) is 5.60. The first-order valence-electron chi connectivity index (χ1n) is 10.00. The van der Waals surface area contributed by atoms with Gasteiger partial charge in [-0.2, -0.15) is 0 Å². The third-order valence-corrected chi connectivity index (χ3v) is 7.23. The van der Waals surface area contributed by atoms with Crippen LogP contribution >= 0.6 is 23.2 Å². The monoisotopic (exact) mass is 463 g/mol. The molecule has 1 spiro atoms. The Labute approximate surface area is 188 Å². The number of halogens is 3.